The van der Waals surface area contributed by atoms with Gasteiger partial charge in [0.15, 0.2) is 0 Å². The Morgan fingerprint density at radius 2 is 1.71 bits per heavy atom. The molecule has 2 aromatic carbocycles. The number of thioether (sulfide) groups is 1. The Morgan fingerprint density at radius 3 is 2.29 bits per heavy atom. The fourth-order valence-corrected chi connectivity index (χ4v) is 5.78. The normalized spacial score (nSPS) is 18.0. The number of amides is 2. The smallest absolute Gasteiger partial charge is 0.407 e. The Kier molecular flexibility index (Phi) is 7.37. The van der Waals surface area contributed by atoms with Gasteiger partial charge in [0.1, 0.15) is 18.7 Å². The highest BCUT2D eigenvalue weighted by Crippen LogP contribution is 2.44. The van der Waals surface area contributed by atoms with Gasteiger partial charge in [0.2, 0.25) is 5.91 Å². The Bertz CT molecular complexity index is 1080. The van der Waals surface area contributed by atoms with Crippen molar-refractivity contribution in [2.24, 2.45) is 0 Å². The molecule has 1 fully saturated rings. The van der Waals surface area contributed by atoms with E-state index in [1.165, 1.54) is 23.8 Å². The zero-order chi connectivity index (χ0) is 25.2. The molecule has 0 saturated carbocycles. The molecule has 2 atom stereocenters. The number of carboxylic acid groups (broad SMARTS) is 1. The van der Waals surface area contributed by atoms with Crippen LogP contribution in [0.1, 0.15) is 37.3 Å². The molecule has 2 aromatic rings. The third-order valence-corrected chi connectivity index (χ3v) is 7.64. The van der Waals surface area contributed by atoms with E-state index < -0.39 is 35.7 Å². The van der Waals surface area contributed by atoms with Crippen molar-refractivity contribution in [1.29, 1.82) is 0 Å². The third-order valence-electron chi connectivity index (χ3n) is 6.63. The number of ether oxygens (including phenoxy) is 2. The average molecular weight is 499 g/mol. The number of hydrogen-bond acceptors (Lipinski definition) is 6. The van der Waals surface area contributed by atoms with Crippen molar-refractivity contribution in [3.8, 4) is 11.1 Å². The fraction of sp³-hybridized carbons (Fsp3) is 0.423. The molecule has 35 heavy (non-hydrogen) atoms. The number of benzene rings is 2. The van der Waals surface area contributed by atoms with Crippen LogP contribution in [0.5, 0.6) is 0 Å². The van der Waals surface area contributed by atoms with Crippen molar-refractivity contribution in [2.45, 2.75) is 43.9 Å². The fourth-order valence-electron chi connectivity index (χ4n) is 4.62. The Labute approximate surface area is 209 Å². The molecule has 0 bridgehead atoms. The van der Waals surface area contributed by atoms with Gasteiger partial charge in [-0.15, -0.1) is 11.8 Å². The van der Waals surface area contributed by atoms with Gasteiger partial charge in [-0.05, 0) is 36.1 Å². The van der Waals surface area contributed by atoms with Crippen molar-refractivity contribution in [1.82, 2.24) is 10.2 Å². The summed E-state index contributed by atoms with van der Waals surface area (Å²) in [4.78, 5) is 39.1. The molecule has 8 nitrogen and oxygen atoms in total. The van der Waals surface area contributed by atoms with Gasteiger partial charge < -0.3 is 24.8 Å². The van der Waals surface area contributed by atoms with Gasteiger partial charge in [-0.2, -0.15) is 0 Å². The molecule has 1 unspecified atom stereocenters. The number of methoxy groups -OCH3 is 1. The highest BCUT2D eigenvalue weighted by molar-refractivity contribution is 7.99. The number of alkyl carbamates (subject to hydrolysis) is 1. The van der Waals surface area contributed by atoms with E-state index in [1.54, 1.807) is 13.8 Å². The van der Waals surface area contributed by atoms with Crippen LogP contribution in [0.4, 0.5) is 4.79 Å². The molecule has 2 amide bonds. The molecule has 186 valence electrons. The number of carbonyl (C=O) groups excluding carboxylic acids is 2. The summed E-state index contributed by atoms with van der Waals surface area (Å²) in [6.45, 7) is 3.73. The van der Waals surface area contributed by atoms with Crippen molar-refractivity contribution in [3.05, 3.63) is 59.7 Å². The topological polar surface area (TPSA) is 105 Å². The van der Waals surface area contributed by atoms with Gasteiger partial charge in [-0.25, -0.2) is 9.59 Å². The van der Waals surface area contributed by atoms with Crippen molar-refractivity contribution in [2.75, 3.05) is 25.3 Å². The van der Waals surface area contributed by atoms with Gasteiger partial charge in [0.05, 0.1) is 11.5 Å². The molecule has 2 aliphatic rings. The average Bonchev–Trinajstić information content (AvgIpc) is 3.45. The summed E-state index contributed by atoms with van der Waals surface area (Å²) in [7, 11) is 1.53. The predicted octanol–water partition coefficient (Wildman–Crippen LogP) is 3.69. The molecular weight excluding hydrogens is 468 g/mol. The quantitative estimate of drug-likeness (QED) is 0.572. The molecule has 1 aliphatic carbocycles. The molecule has 0 radical (unpaired) electrons. The lowest BCUT2D eigenvalue weighted by Gasteiger charge is -2.31. The van der Waals surface area contributed by atoms with E-state index in [4.69, 9.17) is 9.47 Å². The number of hydrogen-bond donors (Lipinski definition) is 2. The van der Waals surface area contributed by atoms with Crippen LogP contribution in [0.3, 0.4) is 0 Å². The van der Waals surface area contributed by atoms with Crippen LogP contribution >= 0.6 is 11.8 Å². The zero-order valence-electron chi connectivity index (χ0n) is 20.0. The Morgan fingerprint density at radius 1 is 1.11 bits per heavy atom. The second-order valence-electron chi connectivity index (χ2n) is 9.35. The second kappa shape index (κ2) is 10.3. The first-order chi connectivity index (χ1) is 16.7. The van der Waals surface area contributed by atoms with Gasteiger partial charge in [-0.3, -0.25) is 4.79 Å². The molecular formula is C26H30N2O6S. The summed E-state index contributed by atoms with van der Waals surface area (Å²) in [6, 6.07) is 14.2. The minimum Gasteiger partial charge on any atom is -0.480 e. The Hall–Kier alpha value is -3.04. The summed E-state index contributed by atoms with van der Waals surface area (Å²) < 4.78 is 11.1. The molecule has 0 spiro atoms. The highest BCUT2D eigenvalue weighted by Gasteiger charge is 2.40. The van der Waals surface area contributed by atoms with E-state index in [2.05, 4.69) is 17.4 Å². The van der Waals surface area contributed by atoms with Crippen LogP contribution in [0.15, 0.2) is 48.5 Å². The summed E-state index contributed by atoms with van der Waals surface area (Å²) in [6.07, 6.45) is -0.559. The molecule has 9 heteroatoms. The molecule has 0 aromatic heterocycles. The molecule has 1 aliphatic heterocycles. The summed E-state index contributed by atoms with van der Waals surface area (Å²) in [5.74, 6) is -1.06. The molecule has 1 heterocycles. The third kappa shape index (κ3) is 5.31. The first kappa shape index (κ1) is 25.1. The number of fused-ring (bicyclic) bond motifs is 3. The maximum absolute atomic E-state index is 13.3. The van der Waals surface area contributed by atoms with Crippen LogP contribution in [-0.4, -0.2) is 71.0 Å². The Balaban J connectivity index is 1.48. The van der Waals surface area contributed by atoms with Gasteiger partial charge in [0, 0.05) is 25.2 Å². The monoisotopic (exact) mass is 498 g/mol. The molecule has 1 saturated heterocycles. The number of aliphatic carboxylic acids is 1. The lowest BCUT2D eigenvalue weighted by atomic mass is 9.97. The first-order valence-electron chi connectivity index (χ1n) is 11.5. The SMILES string of the molecule is COC(C)(C)CC(NC(=O)OCC1c2ccccc2-c2ccccc21)C(=O)N1CSC[C@H]1C(=O)O. The highest BCUT2D eigenvalue weighted by atomic mass is 32.2. The van der Waals surface area contributed by atoms with Crippen LogP contribution in [-0.2, 0) is 19.1 Å². The zero-order valence-corrected chi connectivity index (χ0v) is 20.8. The molecule has 2 N–H and O–H groups in total. The lowest BCUT2D eigenvalue weighted by Crippen LogP contribution is -2.54. The van der Waals surface area contributed by atoms with Crippen LogP contribution < -0.4 is 5.32 Å². The summed E-state index contributed by atoms with van der Waals surface area (Å²) in [5, 5.41) is 12.2. The maximum atomic E-state index is 13.3. The van der Waals surface area contributed by atoms with E-state index in [-0.39, 0.29) is 24.8 Å². The number of carboxylic acids is 1. The summed E-state index contributed by atoms with van der Waals surface area (Å²) in [5.41, 5.74) is 3.71. The number of rotatable bonds is 8. The van der Waals surface area contributed by atoms with Crippen molar-refractivity contribution >= 4 is 29.7 Å². The standard InChI is InChI=1S/C26H30N2O6S/c1-26(2,33-3)12-21(23(29)28-15-35-14-22(28)24(30)31)27-25(32)34-13-20-18-10-6-4-8-16(18)17-9-5-7-11-19(17)20/h4-11,20-22H,12-15H2,1-3H3,(H,27,32)(H,30,31)/t21?,22-/m0/s1. The number of nitrogens with zero attached hydrogens (tertiary/aromatic N) is 1. The van der Waals surface area contributed by atoms with Gasteiger partial charge in [0.25, 0.3) is 0 Å². The van der Waals surface area contributed by atoms with E-state index in [1.807, 2.05) is 36.4 Å². The van der Waals surface area contributed by atoms with E-state index in [9.17, 15) is 19.5 Å². The predicted molar refractivity (Wildman–Crippen MR) is 133 cm³/mol. The minimum atomic E-state index is -1.06. The second-order valence-corrected chi connectivity index (χ2v) is 10.4. The van der Waals surface area contributed by atoms with Crippen molar-refractivity contribution in [3.63, 3.8) is 0 Å². The van der Waals surface area contributed by atoms with Gasteiger partial charge >= 0.3 is 12.1 Å². The number of nitrogens with one attached hydrogen (secondary N) is 1. The van der Waals surface area contributed by atoms with E-state index in [0.717, 1.165) is 22.3 Å². The number of carbonyl (C=O) groups is 3. The molecule has 4 rings (SSSR count). The minimum absolute atomic E-state index is 0.107. The summed E-state index contributed by atoms with van der Waals surface area (Å²) >= 11 is 1.37. The largest absolute Gasteiger partial charge is 0.480 e. The first-order valence-corrected chi connectivity index (χ1v) is 12.6. The van der Waals surface area contributed by atoms with Gasteiger partial charge in [-0.1, -0.05) is 48.5 Å². The van der Waals surface area contributed by atoms with Crippen molar-refractivity contribution < 1.29 is 29.0 Å². The van der Waals surface area contributed by atoms with Crippen LogP contribution in [0.2, 0.25) is 0 Å². The van der Waals surface area contributed by atoms with Crippen LogP contribution in [0, 0.1) is 0 Å². The van der Waals surface area contributed by atoms with E-state index in [0.29, 0.717) is 5.75 Å². The van der Waals surface area contributed by atoms with E-state index >= 15 is 0 Å². The van der Waals surface area contributed by atoms with Crippen LogP contribution in [0.25, 0.3) is 11.1 Å². The lowest BCUT2D eigenvalue weighted by molar-refractivity contribution is -0.149. The maximum Gasteiger partial charge on any atom is 0.407 e.